The van der Waals surface area contributed by atoms with Gasteiger partial charge in [-0.25, -0.2) is 4.79 Å². The van der Waals surface area contributed by atoms with Crippen LogP contribution in [0, 0.1) is 5.92 Å². The number of Topliss-reactive ketones (excluding diaryl/α,β-unsaturated/α-hetero) is 1. The average molecular weight is 306 g/mol. The molecule has 0 aliphatic heterocycles. The molecule has 0 fully saturated rings. The van der Waals surface area contributed by atoms with Crippen molar-refractivity contribution in [3.63, 3.8) is 0 Å². The summed E-state index contributed by atoms with van der Waals surface area (Å²) in [5.74, 6) is -0.366. The van der Waals surface area contributed by atoms with Gasteiger partial charge in [-0.3, -0.25) is 9.59 Å². The number of nitrogens with zero attached hydrogens (tertiary/aromatic N) is 1. The summed E-state index contributed by atoms with van der Waals surface area (Å²) in [7, 11) is 3.01. The molecular weight excluding hydrogens is 288 g/mol. The van der Waals surface area contributed by atoms with E-state index in [1.807, 2.05) is 13.8 Å². The summed E-state index contributed by atoms with van der Waals surface area (Å²) in [5, 5.41) is 0. The number of amides is 1. The van der Waals surface area contributed by atoms with Gasteiger partial charge in [0.05, 0.1) is 18.4 Å². The summed E-state index contributed by atoms with van der Waals surface area (Å²) in [6.45, 7) is 3.50. The molecule has 0 bridgehead atoms. The van der Waals surface area contributed by atoms with Crippen molar-refractivity contribution >= 4 is 17.7 Å². The van der Waals surface area contributed by atoms with Crippen molar-refractivity contribution in [2.24, 2.45) is 18.7 Å². The molecule has 0 unspecified atom stereocenters. The van der Waals surface area contributed by atoms with E-state index in [0.717, 1.165) is 0 Å². The van der Waals surface area contributed by atoms with Gasteiger partial charge in [-0.15, -0.1) is 0 Å². The monoisotopic (exact) mass is 306 g/mol. The number of fused-ring (bicyclic) bond motifs is 1. The third-order valence-electron chi connectivity index (χ3n) is 3.65. The van der Waals surface area contributed by atoms with Crippen molar-refractivity contribution in [1.82, 2.24) is 4.57 Å². The van der Waals surface area contributed by atoms with E-state index < -0.39 is 6.09 Å². The highest BCUT2D eigenvalue weighted by Gasteiger charge is 2.36. The molecule has 118 valence electrons. The van der Waals surface area contributed by atoms with Crippen LogP contribution in [0.25, 0.3) is 0 Å². The van der Waals surface area contributed by atoms with Crippen LogP contribution in [0.3, 0.4) is 0 Å². The molecule has 0 aromatic carbocycles. The quantitative estimate of drug-likeness (QED) is 0.910. The van der Waals surface area contributed by atoms with Crippen molar-refractivity contribution in [3.8, 4) is 5.75 Å². The molecule has 0 atom stereocenters. The van der Waals surface area contributed by atoms with E-state index in [2.05, 4.69) is 0 Å². The number of ether oxygens (including phenoxy) is 2. The van der Waals surface area contributed by atoms with Crippen LogP contribution in [0.2, 0.25) is 0 Å². The van der Waals surface area contributed by atoms with Gasteiger partial charge in [-0.1, -0.05) is 13.8 Å². The predicted molar refractivity (Wildman–Crippen MR) is 77.9 cm³/mol. The second-order valence-corrected chi connectivity index (χ2v) is 5.32. The predicted octanol–water partition coefficient (Wildman–Crippen LogP) is 1.59. The normalized spacial score (nSPS) is 14.0. The van der Waals surface area contributed by atoms with Crippen LogP contribution in [0.15, 0.2) is 11.6 Å². The van der Waals surface area contributed by atoms with Crippen LogP contribution in [0.4, 0.5) is 4.79 Å². The zero-order valence-corrected chi connectivity index (χ0v) is 12.9. The number of nitrogens with two attached hydrogens (primary N) is 1. The average Bonchev–Trinajstić information content (AvgIpc) is 2.73. The first-order chi connectivity index (χ1) is 10.3. The van der Waals surface area contributed by atoms with Crippen LogP contribution < -0.4 is 10.5 Å². The summed E-state index contributed by atoms with van der Waals surface area (Å²) < 4.78 is 11.6. The highest BCUT2D eigenvalue weighted by molar-refractivity contribution is 6.25. The van der Waals surface area contributed by atoms with E-state index in [1.54, 1.807) is 7.05 Å². The summed E-state index contributed by atoms with van der Waals surface area (Å²) in [4.78, 5) is 35.8. The zero-order chi connectivity index (χ0) is 16.6. The molecule has 0 saturated heterocycles. The number of hydrogen-bond donors (Lipinski definition) is 1. The highest BCUT2D eigenvalue weighted by Crippen LogP contribution is 2.37. The molecular formula is C15H18N2O5. The van der Waals surface area contributed by atoms with Crippen molar-refractivity contribution in [1.29, 1.82) is 0 Å². The number of aromatic nitrogens is 1. The van der Waals surface area contributed by atoms with Crippen molar-refractivity contribution < 1.29 is 23.9 Å². The Hall–Kier alpha value is -2.57. The molecule has 22 heavy (non-hydrogen) atoms. The molecule has 1 aromatic heterocycles. The number of primary amides is 1. The number of hydrogen-bond acceptors (Lipinski definition) is 5. The topological polar surface area (TPSA) is 101 Å². The molecule has 7 nitrogen and oxygen atoms in total. The Labute approximate surface area is 127 Å². The molecule has 1 amide bonds. The summed E-state index contributed by atoms with van der Waals surface area (Å²) in [5.41, 5.74) is 6.25. The van der Waals surface area contributed by atoms with E-state index in [4.69, 9.17) is 15.2 Å². The van der Waals surface area contributed by atoms with Crippen LogP contribution in [-0.2, 0) is 18.4 Å². The fourth-order valence-electron chi connectivity index (χ4n) is 2.58. The molecule has 0 spiro atoms. The third kappa shape index (κ3) is 2.38. The molecule has 1 aliphatic rings. The molecule has 0 radical (unpaired) electrons. The first kappa shape index (κ1) is 15.8. The summed E-state index contributed by atoms with van der Waals surface area (Å²) in [6, 6.07) is 0. The molecule has 0 saturated carbocycles. The lowest BCUT2D eigenvalue weighted by Gasteiger charge is -2.16. The minimum absolute atomic E-state index is 0.0835. The Morgan fingerprint density at radius 1 is 1.36 bits per heavy atom. The Balaban J connectivity index is 2.61. The number of carbonyl (C=O) groups excluding carboxylic acids is 3. The van der Waals surface area contributed by atoms with Gasteiger partial charge in [0.15, 0.2) is 11.5 Å². The van der Waals surface area contributed by atoms with E-state index in [1.165, 1.54) is 17.8 Å². The number of methoxy groups -OCH3 is 1. The van der Waals surface area contributed by atoms with Gasteiger partial charge in [0.25, 0.3) is 0 Å². The lowest BCUT2D eigenvalue weighted by molar-refractivity contribution is 0.0970. The van der Waals surface area contributed by atoms with Crippen molar-refractivity contribution in [2.45, 2.75) is 20.5 Å². The first-order valence-electron chi connectivity index (χ1n) is 6.77. The molecule has 1 aromatic rings. The standard InChI is InChI=1S/C15H18N2O5/c1-7(2)8-5-10(18)12-11(13(8)19)14(21-4)9(17(12)3)6-22-15(16)20/h5,7H,6H2,1-4H3,(H2,16,20). The van der Waals surface area contributed by atoms with E-state index >= 15 is 0 Å². The SMILES string of the molecule is COc1c2c(n(C)c1COC(N)=O)C(=O)C=C(C(C)C)C2=O. The Morgan fingerprint density at radius 3 is 2.50 bits per heavy atom. The van der Waals surface area contributed by atoms with Gasteiger partial charge < -0.3 is 19.8 Å². The second kappa shape index (κ2) is 5.67. The maximum atomic E-state index is 12.6. The lowest BCUT2D eigenvalue weighted by Crippen LogP contribution is -2.21. The van der Waals surface area contributed by atoms with Gasteiger partial charge in [0.2, 0.25) is 5.78 Å². The highest BCUT2D eigenvalue weighted by atomic mass is 16.5. The van der Waals surface area contributed by atoms with Gasteiger partial charge in [-0.05, 0) is 12.0 Å². The maximum Gasteiger partial charge on any atom is 0.404 e. The summed E-state index contributed by atoms with van der Waals surface area (Å²) >= 11 is 0. The smallest absolute Gasteiger partial charge is 0.404 e. The van der Waals surface area contributed by atoms with Gasteiger partial charge in [-0.2, -0.15) is 0 Å². The van der Waals surface area contributed by atoms with Crippen LogP contribution in [-0.4, -0.2) is 29.3 Å². The second-order valence-electron chi connectivity index (χ2n) is 5.32. The van der Waals surface area contributed by atoms with Gasteiger partial charge >= 0.3 is 6.09 Å². The zero-order valence-electron chi connectivity index (χ0n) is 12.9. The fourth-order valence-corrected chi connectivity index (χ4v) is 2.58. The summed E-state index contributed by atoms with van der Waals surface area (Å²) in [6.07, 6.45) is 0.410. The number of rotatable bonds is 4. The minimum atomic E-state index is -0.945. The first-order valence-corrected chi connectivity index (χ1v) is 6.77. The van der Waals surface area contributed by atoms with Crippen LogP contribution in [0.5, 0.6) is 5.75 Å². The number of carbonyl (C=O) groups is 3. The Morgan fingerprint density at radius 2 is 2.00 bits per heavy atom. The molecule has 2 rings (SSSR count). The number of ketones is 2. The van der Waals surface area contributed by atoms with Crippen molar-refractivity contribution in [3.05, 3.63) is 28.6 Å². The fraction of sp³-hybridized carbons (Fsp3) is 0.400. The molecule has 1 heterocycles. The molecule has 2 N–H and O–H groups in total. The Kier molecular flexibility index (Phi) is 4.07. The minimum Gasteiger partial charge on any atom is -0.494 e. The maximum absolute atomic E-state index is 12.6. The molecule has 1 aliphatic carbocycles. The third-order valence-corrected chi connectivity index (χ3v) is 3.65. The molecule has 7 heteroatoms. The lowest BCUT2D eigenvalue weighted by atomic mass is 9.87. The number of allylic oxidation sites excluding steroid dienone is 2. The largest absolute Gasteiger partial charge is 0.494 e. The van der Waals surface area contributed by atoms with E-state index in [0.29, 0.717) is 11.3 Å². The van der Waals surface area contributed by atoms with Crippen LogP contribution >= 0.6 is 0 Å². The Bertz CT molecular complexity index is 697. The van der Waals surface area contributed by atoms with Gasteiger partial charge in [0, 0.05) is 12.6 Å². The van der Waals surface area contributed by atoms with Crippen LogP contribution in [0.1, 0.15) is 40.4 Å². The van der Waals surface area contributed by atoms with E-state index in [-0.39, 0.29) is 41.1 Å². The van der Waals surface area contributed by atoms with E-state index in [9.17, 15) is 14.4 Å². The van der Waals surface area contributed by atoms with Gasteiger partial charge in [0.1, 0.15) is 12.3 Å². The van der Waals surface area contributed by atoms with Crippen molar-refractivity contribution in [2.75, 3.05) is 7.11 Å².